The minimum absolute atomic E-state index is 0.144. The topological polar surface area (TPSA) is 46.5 Å². The molecule has 1 N–H and O–H groups in total. The van der Waals surface area contributed by atoms with Gasteiger partial charge in [0.2, 0.25) is 0 Å². The predicted molar refractivity (Wildman–Crippen MR) is 89.8 cm³/mol. The van der Waals surface area contributed by atoms with Crippen LogP contribution in [0.2, 0.25) is 0 Å². The van der Waals surface area contributed by atoms with Gasteiger partial charge in [-0.2, -0.15) is 0 Å². The first-order chi connectivity index (χ1) is 11.0. The van der Waals surface area contributed by atoms with Gasteiger partial charge >= 0.3 is 5.97 Å². The minimum atomic E-state index is -0.198. The van der Waals surface area contributed by atoms with Gasteiger partial charge in [-0.3, -0.25) is 4.79 Å². The maximum atomic E-state index is 12.0. The summed E-state index contributed by atoms with van der Waals surface area (Å²) in [4.78, 5) is 12.0. The van der Waals surface area contributed by atoms with Crippen molar-refractivity contribution in [1.82, 2.24) is 0 Å². The van der Waals surface area contributed by atoms with Gasteiger partial charge in [-0.15, -0.1) is 0 Å². The molecule has 0 atom stereocenters. The fourth-order valence-electron chi connectivity index (χ4n) is 2.82. The van der Waals surface area contributed by atoms with Crippen molar-refractivity contribution < 1.29 is 14.6 Å². The van der Waals surface area contributed by atoms with E-state index in [1.54, 1.807) is 0 Å². The second-order valence-electron chi connectivity index (χ2n) is 6.48. The van der Waals surface area contributed by atoms with E-state index in [1.807, 2.05) is 32.0 Å². The lowest BCUT2D eigenvalue weighted by molar-refractivity contribution is -0.137. The third-order valence-corrected chi connectivity index (χ3v) is 4.33. The maximum absolute atomic E-state index is 12.0. The molecular formula is C20H22O3. The summed E-state index contributed by atoms with van der Waals surface area (Å²) in [6.45, 7) is 3.68. The SMILES string of the molecule is CC(C)C(=O)Oc1cc2ccc1CCc1ccc(c(O)c1)CC2. The van der Waals surface area contributed by atoms with E-state index in [1.165, 1.54) is 0 Å². The standard InChI is InChI=1S/C20H22O3/c1-13(2)20(22)23-19-12-15-4-8-16-7-3-14(11-18(16)21)5-9-17(19)10-6-15/h3,6-7,10-13,21H,4-5,8-9H2,1-2H3. The summed E-state index contributed by atoms with van der Waals surface area (Å²) in [6.07, 6.45) is 3.15. The molecule has 120 valence electrons. The van der Waals surface area contributed by atoms with Crippen molar-refractivity contribution >= 4 is 5.97 Å². The zero-order valence-corrected chi connectivity index (χ0v) is 13.6. The largest absolute Gasteiger partial charge is 0.508 e. The fourth-order valence-corrected chi connectivity index (χ4v) is 2.82. The maximum Gasteiger partial charge on any atom is 0.313 e. The van der Waals surface area contributed by atoms with Crippen molar-refractivity contribution in [2.75, 3.05) is 0 Å². The van der Waals surface area contributed by atoms with Crippen LogP contribution in [0, 0.1) is 5.92 Å². The van der Waals surface area contributed by atoms with Crippen LogP contribution < -0.4 is 4.74 Å². The Balaban J connectivity index is 1.94. The number of carbonyl (C=O) groups is 1. The Bertz CT molecular complexity index is 732. The van der Waals surface area contributed by atoms with E-state index in [0.717, 1.165) is 47.9 Å². The Kier molecular flexibility index (Phi) is 4.37. The molecule has 3 nitrogen and oxygen atoms in total. The van der Waals surface area contributed by atoms with Gasteiger partial charge in [-0.25, -0.2) is 0 Å². The summed E-state index contributed by atoms with van der Waals surface area (Å²) in [7, 11) is 0. The van der Waals surface area contributed by atoms with Gasteiger partial charge in [0.25, 0.3) is 0 Å². The van der Waals surface area contributed by atoms with Crippen LogP contribution in [0.1, 0.15) is 36.1 Å². The minimum Gasteiger partial charge on any atom is -0.508 e. The number of benzene rings is 2. The van der Waals surface area contributed by atoms with E-state index in [2.05, 4.69) is 18.2 Å². The van der Waals surface area contributed by atoms with Crippen LogP contribution in [-0.2, 0) is 30.5 Å². The molecule has 6 rings (SSSR count). The highest BCUT2D eigenvalue weighted by Crippen LogP contribution is 2.28. The van der Waals surface area contributed by atoms with E-state index >= 15 is 0 Å². The quantitative estimate of drug-likeness (QED) is 0.677. The van der Waals surface area contributed by atoms with Gasteiger partial charge in [0.05, 0.1) is 5.92 Å². The summed E-state index contributed by atoms with van der Waals surface area (Å²) >= 11 is 0. The van der Waals surface area contributed by atoms with Crippen LogP contribution in [0.25, 0.3) is 0 Å². The summed E-state index contributed by atoms with van der Waals surface area (Å²) in [5, 5.41) is 10.1. The number of ether oxygens (including phenoxy) is 1. The molecule has 0 unspecified atom stereocenters. The molecule has 4 bridgehead atoms. The number of rotatable bonds is 2. The van der Waals surface area contributed by atoms with Gasteiger partial charge in [0, 0.05) is 0 Å². The van der Waals surface area contributed by atoms with Crippen LogP contribution in [0.15, 0.2) is 36.4 Å². The number of hydrogen-bond donors (Lipinski definition) is 1. The molecule has 2 aromatic rings. The van der Waals surface area contributed by atoms with Crippen molar-refractivity contribution in [1.29, 1.82) is 0 Å². The zero-order valence-electron chi connectivity index (χ0n) is 13.6. The summed E-state index contributed by atoms with van der Waals surface area (Å²) in [5.74, 6) is 0.718. The highest BCUT2D eigenvalue weighted by Gasteiger charge is 2.15. The van der Waals surface area contributed by atoms with E-state index < -0.39 is 0 Å². The van der Waals surface area contributed by atoms with Crippen molar-refractivity contribution in [3.05, 3.63) is 58.7 Å². The third-order valence-electron chi connectivity index (χ3n) is 4.33. The Morgan fingerprint density at radius 3 is 2.22 bits per heavy atom. The highest BCUT2D eigenvalue weighted by molar-refractivity contribution is 5.74. The van der Waals surface area contributed by atoms with Crippen LogP contribution in [0.5, 0.6) is 11.5 Å². The molecule has 4 aliphatic carbocycles. The lowest BCUT2D eigenvalue weighted by Crippen LogP contribution is -2.16. The zero-order chi connectivity index (χ0) is 16.4. The second kappa shape index (κ2) is 6.45. The number of esters is 1. The average molecular weight is 310 g/mol. The van der Waals surface area contributed by atoms with Crippen molar-refractivity contribution in [3.8, 4) is 11.5 Å². The molecule has 0 amide bonds. The first kappa shape index (κ1) is 15.6. The molecule has 23 heavy (non-hydrogen) atoms. The van der Waals surface area contributed by atoms with E-state index in [0.29, 0.717) is 11.5 Å². The molecule has 3 heteroatoms. The van der Waals surface area contributed by atoms with Gasteiger partial charge < -0.3 is 9.84 Å². The molecule has 0 radical (unpaired) electrons. The molecule has 0 heterocycles. The van der Waals surface area contributed by atoms with Crippen LogP contribution in [0.4, 0.5) is 0 Å². The monoisotopic (exact) mass is 310 g/mol. The number of phenolic OH excluding ortho intramolecular Hbond substituents is 1. The molecule has 0 aromatic heterocycles. The summed E-state index contributed by atoms with van der Waals surface area (Å²) in [5.41, 5.74) is 4.20. The Labute approximate surface area is 136 Å². The normalized spacial score (nSPS) is 13.7. The lowest BCUT2D eigenvalue weighted by atomic mass is 9.95. The van der Waals surface area contributed by atoms with E-state index in [-0.39, 0.29) is 11.9 Å². The summed E-state index contributed by atoms with van der Waals surface area (Å²) in [6, 6.07) is 12.1. The van der Waals surface area contributed by atoms with Crippen molar-refractivity contribution in [3.63, 3.8) is 0 Å². The number of phenols is 1. The van der Waals surface area contributed by atoms with Gasteiger partial charge in [-0.05, 0) is 60.1 Å². The molecule has 0 aliphatic heterocycles. The molecule has 0 spiro atoms. The summed E-state index contributed by atoms with van der Waals surface area (Å²) < 4.78 is 5.61. The van der Waals surface area contributed by atoms with Crippen LogP contribution >= 0.6 is 0 Å². The van der Waals surface area contributed by atoms with E-state index in [9.17, 15) is 9.90 Å². The molecule has 0 saturated carbocycles. The average Bonchev–Trinajstić information content (AvgIpc) is 2.51. The number of hydrogen-bond acceptors (Lipinski definition) is 3. The lowest BCUT2D eigenvalue weighted by Gasteiger charge is -2.15. The molecule has 2 aromatic carbocycles. The molecule has 4 aliphatic rings. The Morgan fingerprint density at radius 2 is 1.57 bits per heavy atom. The molecule has 0 fully saturated rings. The number of carbonyl (C=O) groups excluding carboxylic acids is 1. The van der Waals surface area contributed by atoms with Gasteiger partial charge in [-0.1, -0.05) is 38.1 Å². The number of aryl methyl sites for hydroxylation is 4. The van der Waals surface area contributed by atoms with Gasteiger partial charge in [0.15, 0.2) is 0 Å². The predicted octanol–water partition coefficient (Wildman–Crippen LogP) is 3.84. The fraction of sp³-hybridized carbons (Fsp3) is 0.350. The first-order valence-corrected chi connectivity index (χ1v) is 8.17. The Morgan fingerprint density at radius 1 is 0.957 bits per heavy atom. The third kappa shape index (κ3) is 3.55. The van der Waals surface area contributed by atoms with E-state index in [4.69, 9.17) is 4.74 Å². The first-order valence-electron chi connectivity index (χ1n) is 8.17. The Hall–Kier alpha value is -2.29. The van der Waals surface area contributed by atoms with Crippen LogP contribution in [-0.4, -0.2) is 11.1 Å². The highest BCUT2D eigenvalue weighted by atomic mass is 16.5. The van der Waals surface area contributed by atoms with Crippen molar-refractivity contribution in [2.24, 2.45) is 5.92 Å². The molecular weight excluding hydrogens is 288 g/mol. The smallest absolute Gasteiger partial charge is 0.313 e. The number of aromatic hydroxyl groups is 1. The van der Waals surface area contributed by atoms with Gasteiger partial charge in [0.1, 0.15) is 11.5 Å². The van der Waals surface area contributed by atoms with Crippen LogP contribution in [0.3, 0.4) is 0 Å². The second-order valence-corrected chi connectivity index (χ2v) is 6.48. The van der Waals surface area contributed by atoms with Crippen molar-refractivity contribution in [2.45, 2.75) is 39.5 Å². The molecule has 0 saturated heterocycles.